The molecule has 3 unspecified atom stereocenters. The van der Waals surface area contributed by atoms with Crippen molar-refractivity contribution >= 4 is 47.9 Å². The van der Waals surface area contributed by atoms with Gasteiger partial charge in [0.05, 0.1) is 32.8 Å². The van der Waals surface area contributed by atoms with E-state index in [1.165, 1.54) is 12.7 Å². The highest BCUT2D eigenvalue weighted by molar-refractivity contribution is 7.45. The van der Waals surface area contributed by atoms with Crippen molar-refractivity contribution in [1.82, 2.24) is 0 Å². The van der Waals surface area contributed by atoms with E-state index in [9.17, 15) is 19.3 Å². The molecule has 0 fully saturated rings. The normalized spacial score (nSPS) is 15.0. The van der Waals surface area contributed by atoms with Gasteiger partial charge in [0.1, 0.15) is 29.5 Å². The average Bonchev–Trinajstić information content (AvgIpc) is 3.42. The van der Waals surface area contributed by atoms with E-state index in [1.807, 2.05) is 19.9 Å². The highest BCUT2D eigenvalue weighted by Gasteiger charge is 2.33. The van der Waals surface area contributed by atoms with E-state index in [4.69, 9.17) is 32.9 Å². The molecule has 1 aromatic rings. The Hall–Kier alpha value is -2.81. The van der Waals surface area contributed by atoms with Gasteiger partial charge in [-0.15, -0.1) is 0 Å². The van der Waals surface area contributed by atoms with Gasteiger partial charge in [-0.2, -0.15) is 4.52 Å². The fraction of sp³-hybridized carbons (Fsp3) is 0.622. The summed E-state index contributed by atoms with van der Waals surface area (Å²) in [4.78, 5) is 50.2. The molecule has 0 spiro atoms. The molecule has 51 heavy (non-hydrogen) atoms. The second kappa shape index (κ2) is 21.0. The van der Waals surface area contributed by atoms with E-state index < -0.39 is 48.1 Å². The predicted molar refractivity (Wildman–Crippen MR) is 205 cm³/mol. The minimum atomic E-state index is -2.20. The van der Waals surface area contributed by atoms with Crippen LogP contribution in [0.4, 0.5) is 0 Å². The molecule has 0 bridgehead atoms. The molecule has 0 aromatic heterocycles. The van der Waals surface area contributed by atoms with Gasteiger partial charge in [0.2, 0.25) is 8.00 Å². The van der Waals surface area contributed by atoms with Gasteiger partial charge in [-0.25, -0.2) is 9.59 Å². The first-order valence-electron chi connectivity index (χ1n) is 17.6. The van der Waals surface area contributed by atoms with Crippen LogP contribution in [0.2, 0.25) is 51.4 Å². The van der Waals surface area contributed by atoms with E-state index in [0.29, 0.717) is 49.5 Å². The van der Waals surface area contributed by atoms with Gasteiger partial charge in [0.25, 0.3) is 0 Å². The summed E-state index contributed by atoms with van der Waals surface area (Å²) >= 11 is 0. The number of esters is 3. The monoisotopic (exact) mass is 766 g/mol. The molecule has 1 heterocycles. The Kier molecular flexibility index (Phi) is 18.3. The minimum Gasteiger partial charge on any atom is -0.603 e. The molecule has 1 aliphatic heterocycles. The summed E-state index contributed by atoms with van der Waals surface area (Å²) in [7, 11) is -3.40. The third-order valence-corrected chi connectivity index (χ3v) is 12.4. The second-order valence-electron chi connectivity index (χ2n) is 15.1. The van der Waals surface area contributed by atoms with Crippen LogP contribution in [0, 0.1) is 12.8 Å². The number of ether oxygens (including phenoxy) is 6. The second-order valence-corrected chi connectivity index (χ2v) is 27.5. The van der Waals surface area contributed by atoms with Crippen LogP contribution in [0.5, 0.6) is 11.5 Å². The zero-order valence-corrected chi connectivity index (χ0v) is 35.4. The number of hydrogen-bond acceptors (Lipinski definition) is 11. The van der Waals surface area contributed by atoms with E-state index in [2.05, 4.69) is 39.3 Å². The van der Waals surface area contributed by atoms with Crippen LogP contribution in [0.15, 0.2) is 23.8 Å². The molecule has 14 heteroatoms. The summed E-state index contributed by atoms with van der Waals surface area (Å²) in [6, 6.07) is 1.79. The molecule has 0 N–H and O–H groups in total. The maximum atomic E-state index is 13.3. The maximum absolute atomic E-state index is 13.3. The van der Waals surface area contributed by atoms with Crippen molar-refractivity contribution in [1.29, 1.82) is 0 Å². The van der Waals surface area contributed by atoms with Crippen LogP contribution < -0.4 is 14.4 Å². The first-order valence-corrected chi connectivity index (χ1v) is 26.3. The van der Waals surface area contributed by atoms with Crippen LogP contribution in [0.25, 0.3) is 0 Å². The molecule has 3 atom stereocenters. The number of rotatable bonds is 22. The molecule has 0 radical (unpaired) electrons. The zero-order chi connectivity index (χ0) is 38.4. The molecule has 2 rings (SSSR count). The molecular formula is C37H59O11PSi2. The summed E-state index contributed by atoms with van der Waals surface area (Å²) < 4.78 is 38.7. The van der Waals surface area contributed by atoms with Crippen molar-refractivity contribution in [2.24, 2.45) is 5.92 Å². The Labute approximate surface area is 307 Å². The Morgan fingerprint density at radius 2 is 1.69 bits per heavy atom. The zero-order valence-electron chi connectivity index (χ0n) is 32.5. The third kappa shape index (κ3) is 15.4. The molecule has 1 aliphatic rings. The van der Waals surface area contributed by atoms with Crippen LogP contribution >= 0.6 is 8.00 Å². The van der Waals surface area contributed by atoms with E-state index >= 15 is 0 Å². The summed E-state index contributed by atoms with van der Waals surface area (Å²) in [5.41, 5.74) is 3.84. The number of carbonyl (C=O) groups is 3. The molecule has 11 nitrogen and oxygen atoms in total. The van der Waals surface area contributed by atoms with Gasteiger partial charge < -0.3 is 33.3 Å². The van der Waals surface area contributed by atoms with Gasteiger partial charge in [-0.1, -0.05) is 57.0 Å². The summed E-state index contributed by atoms with van der Waals surface area (Å²) in [6.45, 7) is 21.6. The fourth-order valence-corrected chi connectivity index (χ4v) is 7.09. The van der Waals surface area contributed by atoms with Gasteiger partial charge in [-0.05, 0) is 70.7 Å². The SMILES string of the molecule is CCOC(=O)C(C)OCO[P+]([O-])=CC=CCC(CC(C)=CCc1c(OC)c(C)c2c(c1OCC[Si](C)(C)C)C(=O)OC2)C(=O)OCC[Si](C)(C)C. The van der Waals surface area contributed by atoms with Crippen LogP contribution in [-0.2, 0) is 46.1 Å². The van der Waals surface area contributed by atoms with Crippen LogP contribution in [0.3, 0.4) is 0 Å². The van der Waals surface area contributed by atoms with Crippen molar-refractivity contribution in [3.05, 3.63) is 46.1 Å². The van der Waals surface area contributed by atoms with Crippen LogP contribution in [-0.4, -0.2) is 79.7 Å². The number of methoxy groups -OCH3 is 1. The highest BCUT2D eigenvalue weighted by Crippen LogP contribution is 2.43. The molecule has 0 amide bonds. The Morgan fingerprint density at radius 1 is 1.02 bits per heavy atom. The topological polar surface area (TPSA) is 139 Å². The number of carbonyl (C=O) groups excluding carboxylic acids is 3. The Bertz CT molecular complexity index is 1440. The lowest BCUT2D eigenvalue weighted by molar-refractivity contribution is -0.185. The number of benzene rings is 1. The summed E-state index contributed by atoms with van der Waals surface area (Å²) in [6.07, 6.45) is 5.76. The Morgan fingerprint density at radius 3 is 2.31 bits per heavy atom. The lowest BCUT2D eigenvalue weighted by Gasteiger charge is -2.22. The first kappa shape index (κ1) is 44.4. The molecule has 0 saturated carbocycles. The molecule has 0 aliphatic carbocycles. The summed E-state index contributed by atoms with van der Waals surface area (Å²) in [5.74, 6) is 0.859. The number of allylic oxidation sites excluding steroid dienone is 4. The van der Waals surface area contributed by atoms with Gasteiger partial charge in [0.15, 0.2) is 12.9 Å². The Balaban J connectivity index is 2.26. The number of hydrogen-bond donors (Lipinski definition) is 0. The average molecular weight is 767 g/mol. The number of fused-ring (bicyclic) bond motifs is 1. The van der Waals surface area contributed by atoms with Crippen molar-refractivity contribution in [2.75, 3.05) is 33.7 Å². The third-order valence-electron chi connectivity index (χ3n) is 8.26. The van der Waals surface area contributed by atoms with Gasteiger partial charge in [0, 0.05) is 27.3 Å². The standard InChI is InChI=1S/C37H59O11PSi2/c1-12-43-35(38)28(4)47-25-48-49(41)20-14-13-15-29(36(39)45-19-22-51(9,10)11)23-26(2)16-17-30-33(42-5)27(3)31-24-46-37(40)32(31)34(30)44-18-21-50(6,7)8/h13-14,16,20,28-29H,12,15,17-19,21-25H2,1-11H3. The van der Waals surface area contributed by atoms with Crippen molar-refractivity contribution in [3.8, 4) is 11.5 Å². The largest absolute Gasteiger partial charge is 0.603 e. The molecule has 286 valence electrons. The maximum Gasteiger partial charge on any atom is 0.342 e. The quantitative estimate of drug-likeness (QED) is 0.0298. The first-order chi connectivity index (χ1) is 23.9. The van der Waals surface area contributed by atoms with Gasteiger partial charge >= 0.3 is 17.9 Å². The lowest BCUT2D eigenvalue weighted by atomic mass is 9.93. The van der Waals surface area contributed by atoms with E-state index in [1.54, 1.807) is 26.2 Å². The van der Waals surface area contributed by atoms with Crippen molar-refractivity contribution in [3.63, 3.8) is 0 Å². The minimum absolute atomic E-state index is 0.186. The smallest absolute Gasteiger partial charge is 0.342 e. The van der Waals surface area contributed by atoms with Crippen LogP contribution in [0.1, 0.15) is 60.7 Å². The predicted octanol–water partition coefficient (Wildman–Crippen LogP) is 7.13. The molecule has 1 aromatic carbocycles. The van der Waals surface area contributed by atoms with Crippen molar-refractivity contribution < 1.29 is 52.2 Å². The van der Waals surface area contributed by atoms with Gasteiger partial charge in [-0.3, -0.25) is 4.79 Å². The van der Waals surface area contributed by atoms with E-state index in [-0.39, 0.29) is 26.0 Å². The summed E-state index contributed by atoms with van der Waals surface area (Å²) in [5, 5.41) is 0. The van der Waals surface area contributed by atoms with E-state index in [0.717, 1.165) is 34.4 Å². The number of cyclic esters (lactones) is 1. The molecular weight excluding hydrogens is 708 g/mol. The van der Waals surface area contributed by atoms with Crippen molar-refractivity contribution in [2.45, 2.75) is 111 Å². The lowest BCUT2D eigenvalue weighted by Crippen LogP contribution is -2.25. The fourth-order valence-electron chi connectivity index (χ4n) is 5.14. The highest BCUT2D eigenvalue weighted by atomic mass is 31.1. The molecule has 0 saturated heterocycles.